The second kappa shape index (κ2) is 8.77. The summed E-state index contributed by atoms with van der Waals surface area (Å²) in [5.74, 6) is -0.0680. The first-order chi connectivity index (χ1) is 11.1. The number of amides is 1. The van der Waals surface area contributed by atoms with Gasteiger partial charge in [-0.3, -0.25) is 4.79 Å². The van der Waals surface area contributed by atoms with Gasteiger partial charge in [0.1, 0.15) is 0 Å². The number of methoxy groups -OCH3 is 1. The van der Waals surface area contributed by atoms with Gasteiger partial charge in [-0.25, -0.2) is 0 Å². The monoisotopic (exact) mass is 352 g/mol. The molecule has 2 aromatic carbocycles. The summed E-state index contributed by atoms with van der Waals surface area (Å²) in [6, 6.07) is 12.9. The quantitative estimate of drug-likeness (QED) is 0.739. The van der Waals surface area contributed by atoms with Gasteiger partial charge >= 0.3 is 0 Å². The molecule has 0 saturated heterocycles. The minimum atomic E-state index is -0.0680. The summed E-state index contributed by atoms with van der Waals surface area (Å²) in [6.07, 6.45) is 0.259. The van der Waals surface area contributed by atoms with Gasteiger partial charge in [0.2, 0.25) is 5.91 Å². The van der Waals surface area contributed by atoms with Crippen molar-refractivity contribution in [3.63, 3.8) is 0 Å². The molecular weight excluding hydrogens is 335 g/mol. The van der Waals surface area contributed by atoms with Crippen LogP contribution in [-0.4, -0.2) is 26.2 Å². The van der Waals surface area contributed by atoms with Crippen molar-refractivity contribution in [3.05, 3.63) is 58.1 Å². The van der Waals surface area contributed by atoms with Crippen LogP contribution in [0.2, 0.25) is 10.0 Å². The standard InChI is InChI=1S/C17H18Cl2N2O2/c1-23-10-9-20-16(22)11-12-5-2-3-8-15(12)21-17-13(18)6-4-7-14(17)19/h2-8,21H,9-11H2,1H3,(H,20,22). The van der Waals surface area contributed by atoms with Crippen LogP contribution in [0, 0.1) is 0 Å². The molecule has 1 amide bonds. The van der Waals surface area contributed by atoms with Crippen molar-refractivity contribution in [1.82, 2.24) is 5.32 Å². The number of carbonyl (C=O) groups is 1. The molecule has 0 aliphatic carbocycles. The fraction of sp³-hybridized carbons (Fsp3) is 0.235. The molecule has 122 valence electrons. The van der Waals surface area contributed by atoms with Crippen LogP contribution in [0.15, 0.2) is 42.5 Å². The van der Waals surface area contributed by atoms with E-state index in [4.69, 9.17) is 27.9 Å². The first-order valence-electron chi connectivity index (χ1n) is 7.16. The number of anilines is 2. The normalized spacial score (nSPS) is 10.4. The predicted molar refractivity (Wildman–Crippen MR) is 94.8 cm³/mol. The second-order valence-electron chi connectivity index (χ2n) is 4.90. The number of para-hydroxylation sites is 2. The van der Waals surface area contributed by atoms with E-state index in [2.05, 4.69) is 10.6 Å². The highest BCUT2D eigenvalue weighted by Gasteiger charge is 2.11. The first-order valence-corrected chi connectivity index (χ1v) is 7.92. The van der Waals surface area contributed by atoms with Crippen LogP contribution in [0.5, 0.6) is 0 Å². The van der Waals surface area contributed by atoms with Gasteiger partial charge < -0.3 is 15.4 Å². The van der Waals surface area contributed by atoms with E-state index in [1.165, 1.54) is 0 Å². The topological polar surface area (TPSA) is 50.4 Å². The molecule has 0 heterocycles. The molecule has 4 nitrogen and oxygen atoms in total. The Morgan fingerprint density at radius 3 is 2.48 bits per heavy atom. The summed E-state index contributed by atoms with van der Waals surface area (Å²) < 4.78 is 4.92. The van der Waals surface area contributed by atoms with Crippen molar-refractivity contribution in [2.45, 2.75) is 6.42 Å². The molecule has 2 N–H and O–H groups in total. The molecule has 0 aliphatic heterocycles. The van der Waals surface area contributed by atoms with Gasteiger partial charge in [0.15, 0.2) is 0 Å². The summed E-state index contributed by atoms with van der Waals surface area (Å²) in [5, 5.41) is 7.06. The molecule has 23 heavy (non-hydrogen) atoms. The molecule has 0 saturated carbocycles. The average molecular weight is 353 g/mol. The average Bonchev–Trinajstić information content (AvgIpc) is 2.53. The number of carbonyl (C=O) groups excluding carboxylic acids is 1. The summed E-state index contributed by atoms with van der Waals surface area (Å²) in [5.41, 5.74) is 2.28. The number of hydrogen-bond acceptors (Lipinski definition) is 3. The Balaban J connectivity index is 2.13. The smallest absolute Gasteiger partial charge is 0.224 e. The lowest BCUT2D eigenvalue weighted by Gasteiger charge is -2.14. The van der Waals surface area contributed by atoms with Crippen molar-refractivity contribution >= 4 is 40.5 Å². The second-order valence-corrected chi connectivity index (χ2v) is 5.71. The molecule has 0 fully saturated rings. The van der Waals surface area contributed by atoms with Gasteiger partial charge in [0.25, 0.3) is 0 Å². The van der Waals surface area contributed by atoms with Gasteiger partial charge in [0.05, 0.1) is 28.8 Å². The third-order valence-corrected chi connectivity index (χ3v) is 3.85. The van der Waals surface area contributed by atoms with Crippen molar-refractivity contribution in [3.8, 4) is 0 Å². The summed E-state index contributed by atoms with van der Waals surface area (Å²) in [7, 11) is 1.60. The maximum Gasteiger partial charge on any atom is 0.224 e. The Morgan fingerprint density at radius 1 is 1.09 bits per heavy atom. The lowest BCUT2D eigenvalue weighted by atomic mass is 10.1. The molecule has 0 aliphatic rings. The molecule has 0 unspecified atom stereocenters. The molecule has 0 radical (unpaired) electrons. The van der Waals surface area contributed by atoms with E-state index < -0.39 is 0 Å². The van der Waals surface area contributed by atoms with E-state index in [1.807, 2.05) is 24.3 Å². The SMILES string of the molecule is COCCNC(=O)Cc1ccccc1Nc1c(Cl)cccc1Cl. The van der Waals surface area contributed by atoms with Gasteiger partial charge in [-0.15, -0.1) is 0 Å². The van der Waals surface area contributed by atoms with E-state index in [0.717, 1.165) is 11.3 Å². The van der Waals surface area contributed by atoms with Crippen LogP contribution in [0.1, 0.15) is 5.56 Å². The Hall–Kier alpha value is -1.75. The number of rotatable bonds is 7. The lowest BCUT2D eigenvalue weighted by Crippen LogP contribution is -2.28. The summed E-state index contributed by atoms with van der Waals surface area (Å²) in [6.45, 7) is 0.974. The lowest BCUT2D eigenvalue weighted by molar-refractivity contribution is -0.120. The maximum atomic E-state index is 12.0. The van der Waals surface area contributed by atoms with Crippen LogP contribution >= 0.6 is 23.2 Å². The van der Waals surface area contributed by atoms with Gasteiger partial charge in [-0.2, -0.15) is 0 Å². The fourth-order valence-corrected chi connectivity index (χ4v) is 2.57. The van der Waals surface area contributed by atoms with Crippen LogP contribution in [-0.2, 0) is 16.0 Å². The summed E-state index contributed by atoms with van der Waals surface area (Å²) in [4.78, 5) is 12.0. The molecular formula is C17H18Cl2N2O2. The van der Waals surface area contributed by atoms with E-state index in [1.54, 1.807) is 25.3 Å². The molecule has 0 aromatic heterocycles. The highest BCUT2D eigenvalue weighted by Crippen LogP contribution is 2.33. The Bertz CT molecular complexity index is 657. The number of halogens is 2. The third-order valence-electron chi connectivity index (χ3n) is 3.22. The number of nitrogens with one attached hydrogen (secondary N) is 2. The zero-order valence-electron chi connectivity index (χ0n) is 12.7. The van der Waals surface area contributed by atoms with Gasteiger partial charge in [0, 0.05) is 19.3 Å². The number of hydrogen-bond donors (Lipinski definition) is 2. The molecule has 6 heteroatoms. The Labute approximate surface area is 145 Å². The van der Waals surface area contributed by atoms with Crippen molar-refractivity contribution in [2.24, 2.45) is 0 Å². The van der Waals surface area contributed by atoms with Crippen LogP contribution in [0.4, 0.5) is 11.4 Å². The van der Waals surface area contributed by atoms with E-state index >= 15 is 0 Å². The maximum absolute atomic E-state index is 12.0. The third kappa shape index (κ3) is 5.13. The van der Waals surface area contributed by atoms with Gasteiger partial charge in [-0.1, -0.05) is 47.5 Å². The highest BCUT2D eigenvalue weighted by molar-refractivity contribution is 6.39. The van der Waals surface area contributed by atoms with Crippen molar-refractivity contribution < 1.29 is 9.53 Å². The van der Waals surface area contributed by atoms with Crippen LogP contribution in [0.25, 0.3) is 0 Å². The van der Waals surface area contributed by atoms with Crippen LogP contribution in [0.3, 0.4) is 0 Å². The largest absolute Gasteiger partial charge is 0.383 e. The van der Waals surface area contributed by atoms with Crippen molar-refractivity contribution in [1.29, 1.82) is 0 Å². The number of ether oxygens (including phenoxy) is 1. The summed E-state index contributed by atoms with van der Waals surface area (Å²) >= 11 is 12.4. The zero-order chi connectivity index (χ0) is 16.7. The number of benzene rings is 2. The minimum absolute atomic E-state index is 0.0680. The fourth-order valence-electron chi connectivity index (χ4n) is 2.08. The highest BCUT2D eigenvalue weighted by atomic mass is 35.5. The van der Waals surface area contributed by atoms with Crippen LogP contribution < -0.4 is 10.6 Å². The molecule has 2 aromatic rings. The molecule has 0 spiro atoms. The van der Waals surface area contributed by atoms with E-state index in [9.17, 15) is 4.79 Å². The minimum Gasteiger partial charge on any atom is -0.383 e. The van der Waals surface area contributed by atoms with E-state index in [-0.39, 0.29) is 12.3 Å². The molecule has 2 rings (SSSR count). The zero-order valence-corrected chi connectivity index (χ0v) is 14.2. The predicted octanol–water partition coefficient (Wildman–Crippen LogP) is 4.04. The Morgan fingerprint density at radius 2 is 1.78 bits per heavy atom. The van der Waals surface area contributed by atoms with Crippen molar-refractivity contribution in [2.75, 3.05) is 25.6 Å². The first kappa shape index (κ1) is 17.6. The van der Waals surface area contributed by atoms with E-state index in [0.29, 0.717) is 28.9 Å². The Kier molecular flexibility index (Phi) is 6.71. The molecule has 0 bridgehead atoms. The molecule has 0 atom stereocenters. The van der Waals surface area contributed by atoms with Gasteiger partial charge in [-0.05, 0) is 23.8 Å².